The standard InChI is InChI=1S/C18H23N3/c1-2-21(16-9-10-16)18-17-6-4-3-5-13(17)11-15(20-18)12-19-14-7-8-14/h3-6,11,14,16,19H,2,7-10,12H2,1H3. The van der Waals surface area contributed by atoms with Crippen LogP contribution in [0.15, 0.2) is 30.3 Å². The highest BCUT2D eigenvalue weighted by Crippen LogP contribution is 2.34. The molecule has 1 aromatic carbocycles. The van der Waals surface area contributed by atoms with E-state index in [4.69, 9.17) is 4.98 Å². The zero-order chi connectivity index (χ0) is 14.2. The summed E-state index contributed by atoms with van der Waals surface area (Å²) in [5.41, 5.74) is 1.18. The molecule has 0 unspecified atom stereocenters. The molecule has 0 saturated heterocycles. The minimum absolute atomic E-state index is 0.706. The van der Waals surface area contributed by atoms with Crippen LogP contribution in [0, 0.1) is 0 Å². The van der Waals surface area contributed by atoms with E-state index in [0.29, 0.717) is 6.04 Å². The molecule has 2 fully saturated rings. The van der Waals surface area contributed by atoms with E-state index < -0.39 is 0 Å². The molecule has 0 atom stereocenters. The van der Waals surface area contributed by atoms with Crippen molar-refractivity contribution in [2.24, 2.45) is 0 Å². The van der Waals surface area contributed by atoms with E-state index in [1.165, 1.54) is 48.0 Å². The zero-order valence-corrected chi connectivity index (χ0v) is 12.7. The van der Waals surface area contributed by atoms with Crippen molar-refractivity contribution in [3.8, 4) is 0 Å². The Balaban J connectivity index is 1.73. The van der Waals surface area contributed by atoms with E-state index in [1.807, 2.05) is 0 Å². The average Bonchev–Trinajstić information content (AvgIpc) is 3.39. The third-order valence-corrected chi connectivity index (χ3v) is 4.52. The van der Waals surface area contributed by atoms with Crippen LogP contribution >= 0.6 is 0 Å². The maximum absolute atomic E-state index is 5.00. The number of nitrogens with one attached hydrogen (secondary N) is 1. The first-order valence-corrected chi connectivity index (χ1v) is 8.24. The highest BCUT2D eigenvalue weighted by Gasteiger charge is 2.30. The molecule has 0 bridgehead atoms. The molecule has 2 saturated carbocycles. The first-order chi connectivity index (χ1) is 10.3. The number of pyridine rings is 1. The van der Waals surface area contributed by atoms with Crippen molar-refractivity contribution >= 4 is 16.6 Å². The second kappa shape index (κ2) is 5.30. The van der Waals surface area contributed by atoms with Crippen LogP contribution in [0.4, 0.5) is 5.82 Å². The van der Waals surface area contributed by atoms with Gasteiger partial charge in [0.15, 0.2) is 0 Å². The summed E-state index contributed by atoms with van der Waals surface area (Å²) < 4.78 is 0. The van der Waals surface area contributed by atoms with Crippen molar-refractivity contribution < 1.29 is 0 Å². The molecule has 3 heteroatoms. The smallest absolute Gasteiger partial charge is 0.137 e. The molecule has 1 N–H and O–H groups in total. The van der Waals surface area contributed by atoms with Gasteiger partial charge in [-0.25, -0.2) is 4.98 Å². The van der Waals surface area contributed by atoms with Crippen molar-refractivity contribution in [2.75, 3.05) is 11.4 Å². The number of hydrogen-bond acceptors (Lipinski definition) is 3. The number of benzene rings is 1. The van der Waals surface area contributed by atoms with Gasteiger partial charge in [0.05, 0.1) is 5.69 Å². The van der Waals surface area contributed by atoms with E-state index in [-0.39, 0.29) is 0 Å². The molecule has 2 aliphatic carbocycles. The van der Waals surface area contributed by atoms with E-state index in [2.05, 4.69) is 47.5 Å². The number of nitrogens with zero attached hydrogens (tertiary/aromatic N) is 2. The molecule has 0 radical (unpaired) electrons. The lowest BCUT2D eigenvalue weighted by Crippen LogP contribution is -2.27. The molecular weight excluding hydrogens is 258 g/mol. The first-order valence-electron chi connectivity index (χ1n) is 8.24. The van der Waals surface area contributed by atoms with Gasteiger partial charge in [-0.15, -0.1) is 0 Å². The van der Waals surface area contributed by atoms with E-state index in [1.54, 1.807) is 0 Å². The van der Waals surface area contributed by atoms with Crippen molar-refractivity contribution in [2.45, 2.75) is 51.2 Å². The normalized spacial score (nSPS) is 18.1. The van der Waals surface area contributed by atoms with Crippen LogP contribution in [-0.2, 0) is 6.54 Å². The highest BCUT2D eigenvalue weighted by atomic mass is 15.2. The van der Waals surface area contributed by atoms with Gasteiger partial charge in [0.1, 0.15) is 5.82 Å². The van der Waals surface area contributed by atoms with Crippen LogP contribution in [0.25, 0.3) is 10.8 Å². The zero-order valence-electron chi connectivity index (χ0n) is 12.7. The number of fused-ring (bicyclic) bond motifs is 1. The van der Waals surface area contributed by atoms with Gasteiger partial charge in [0.25, 0.3) is 0 Å². The van der Waals surface area contributed by atoms with Gasteiger partial charge in [-0.2, -0.15) is 0 Å². The number of hydrogen-bond donors (Lipinski definition) is 1. The summed E-state index contributed by atoms with van der Waals surface area (Å²) in [6.45, 7) is 4.18. The predicted octanol–water partition coefficient (Wildman–Crippen LogP) is 3.48. The summed E-state index contributed by atoms with van der Waals surface area (Å²) in [6.07, 6.45) is 5.27. The quantitative estimate of drug-likeness (QED) is 0.878. The molecule has 2 aromatic rings. The van der Waals surface area contributed by atoms with E-state index in [9.17, 15) is 0 Å². The molecule has 0 amide bonds. The molecule has 0 spiro atoms. The maximum atomic E-state index is 5.00. The Morgan fingerprint density at radius 2 is 2.00 bits per heavy atom. The largest absolute Gasteiger partial charge is 0.353 e. The van der Waals surface area contributed by atoms with Gasteiger partial charge in [-0.05, 0) is 44.1 Å². The third kappa shape index (κ3) is 2.75. The summed E-state index contributed by atoms with van der Waals surface area (Å²) in [5.74, 6) is 1.19. The number of anilines is 1. The van der Waals surface area contributed by atoms with E-state index >= 15 is 0 Å². The Labute approximate surface area is 126 Å². The van der Waals surface area contributed by atoms with Crippen LogP contribution in [-0.4, -0.2) is 23.6 Å². The van der Waals surface area contributed by atoms with E-state index in [0.717, 1.165) is 19.1 Å². The van der Waals surface area contributed by atoms with Crippen molar-refractivity contribution in [3.63, 3.8) is 0 Å². The summed E-state index contributed by atoms with van der Waals surface area (Å²) in [5, 5.41) is 6.19. The van der Waals surface area contributed by atoms with Gasteiger partial charge in [-0.1, -0.05) is 24.3 Å². The fourth-order valence-corrected chi connectivity index (χ4v) is 3.05. The lowest BCUT2D eigenvalue weighted by molar-refractivity contribution is 0.673. The predicted molar refractivity (Wildman–Crippen MR) is 87.6 cm³/mol. The van der Waals surface area contributed by atoms with Crippen LogP contribution in [0.1, 0.15) is 38.3 Å². The molecule has 4 rings (SSSR count). The first kappa shape index (κ1) is 13.1. The molecule has 1 heterocycles. The molecule has 3 nitrogen and oxygen atoms in total. The third-order valence-electron chi connectivity index (χ3n) is 4.52. The van der Waals surface area contributed by atoms with Crippen molar-refractivity contribution in [1.82, 2.24) is 10.3 Å². The number of aromatic nitrogens is 1. The second-order valence-electron chi connectivity index (χ2n) is 6.33. The molecule has 0 aliphatic heterocycles. The minimum atomic E-state index is 0.706. The highest BCUT2D eigenvalue weighted by molar-refractivity contribution is 5.92. The second-order valence-corrected chi connectivity index (χ2v) is 6.33. The van der Waals surface area contributed by atoms with Crippen LogP contribution in [0.5, 0.6) is 0 Å². The van der Waals surface area contributed by atoms with Crippen LogP contribution in [0.2, 0.25) is 0 Å². The molecule has 110 valence electrons. The summed E-state index contributed by atoms with van der Waals surface area (Å²) in [4.78, 5) is 7.49. The molecule has 2 aliphatic rings. The Kier molecular flexibility index (Phi) is 3.30. The lowest BCUT2D eigenvalue weighted by Gasteiger charge is -2.24. The summed E-state index contributed by atoms with van der Waals surface area (Å²) in [6, 6.07) is 12.3. The Morgan fingerprint density at radius 1 is 1.19 bits per heavy atom. The Hall–Kier alpha value is -1.61. The fraction of sp³-hybridized carbons (Fsp3) is 0.500. The van der Waals surface area contributed by atoms with Gasteiger partial charge >= 0.3 is 0 Å². The number of rotatable bonds is 6. The Morgan fingerprint density at radius 3 is 2.71 bits per heavy atom. The maximum Gasteiger partial charge on any atom is 0.137 e. The average molecular weight is 281 g/mol. The van der Waals surface area contributed by atoms with Gasteiger partial charge < -0.3 is 10.2 Å². The van der Waals surface area contributed by atoms with Crippen molar-refractivity contribution in [1.29, 1.82) is 0 Å². The van der Waals surface area contributed by atoms with Crippen LogP contribution in [0.3, 0.4) is 0 Å². The van der Waals surface area contributed by atoms with Gasteiger partial charge in [-0.3, -0.25) is 0 Å². The van der Waals surface area contributed by atoms with Crippen LogP contribution < -0.4 is 10.2 Å². The Bertz CT molecular complexity index is 644. The fourth-order valence-electron chi connectivity index (χ4n) is 3.05. The topological polar surface area (TPSA) is 28.2 Å². The summed E-state index contributed by atoms with van der Waals surface area (Å²) >= 11 is 0. The van der Waals surface area contributed by atoms with Gasteiger partial charge in [0.2, 0.25) is 0 Å². The molecule has 1 aromatic heterocycles. The van der Waals surface area contributed by atoms with Crippen molar-refractivity contribution in [3.05, 3.63) is 36.0 Å². The summed E-state index contributed by atoms with van der Waals surface area (Å²) in [7, 11) is 0. The molecule has 21 heavy (non-hydrogen) atoms. The minimum Gasteiger partial charge on any atom is -0.353 e. The van der Waals surface area contributed by atoms with Gasteiger partial charge in [0, 0.05) is 30.6 Å². The monoisotopic (exact) mass is 281 g/mol. The SMILES string of the molecule is CCN(c1nc(CNC2CC2)cc2ccccc12)C1CC1. The lowest BCUT2D eigenvalue weighted by atomic mass is 10.1. The molecular formula is C18H23N3.